The van der Waals surface area contributed by atoms with Gasteiger partial charge in [0.15, 0.2) is 0 Å². The predicted octanol–water partition coefficient (Wildman–Crippen LogP) is 3.31. The van der Waals surface area contributed by atoms with Gasteiger partial charge in [0.2, 0.25) is 0 Å². The zero-order valence-corrected chi connectivity index (χ0v) is 13.7. The summed E-state index contributed by atoms with van der Waals surface area (Å²) in [6, 6.07) is 9.00. The first-order valence-electron chi connectivity index (χ1n) is 5.61. The number of ether oxygens (including phenoxy) is 1. The van der Waals surface area contributed by atoms with E-state index in [1.54, 1.807) is 19.4 Å². The molecule has 20 heavy (non-hydrogen) atoms. The molecule has 0 spiro atoms. The van der Waals surface area contributed by atoms with E-state index in [4.69, 9.17) is 4.74 Å². The van der Waals surface area contributed by atoms with Gasteiger partial charge in [-0.05, 0) is 67.8 Å². The standard InChI is InChI=1S/C13H11Br2N3O2/c1-20-9-4-2-8(3-5-9)7-16-18-13(19)11-6-10(14)12(15)17-11/h2-7,17H,1H3,(H,18,19)/b16-7+. The Morgan fingerprint density at radius 1 is 1.35 bits per heavy atom. The van der Waals surface area contributed by atoms with Crippen LogP contribution in [0.1, 0.15) is 16.1 Å². The molecule has 1 heterocycles. The Labute approximate surface area is 132 Å². The molecular weight excluding hydrogens is 390 g/mol. The third kappa shape index (κ3) is 3.71. The number of H-pyrrole nitrogens is 1. The summed E-state index contributed by atoms with van der Waals surface area (Å²) >= 11 is 6.56. The van der Waals surface area contributed by atoms with Gasteiger partial charge in [-0.1, -0.05) is 0 Å². The number of carbonyl (C=O) groups is 1. The maximum Gasteiger partial charge on any atom is 0.287 e. The predicted molar refractivity (Wildman–Crippen MR) is 84.2 cm³/mol. The molecule has 0 saturated heterocycles. The topological polar surface area (TPSA) is 66.5 Å². The SMILES string of the molecule is COc1ccc(/C=N/NC(=O)c2cc(Br)c(Br)[nH]2)cc1. The third-order valence-corrected chi connectivity index (χ3v) is 4.25. The van der Waals surface area contributed by atoms with Gasteiger partial charge >= 0.3 is 0 Å². The highest BCUT2D eigenvalue weighted by Crippen LogP contribution is 2.22. The summed E-state index contributed by atoms with van der Waals surface area (Å²) in [7, 11) is 1.61. The van der Waals surface area contributed by atoms with Gasteiger partial charge in [-0.25, -0.2) is 5.43 Å². The molecule has 5 nitrogen and oxygen atoms in total. The van der Waals surface area contributed by atoms with E-state index in [9.17, 15) is 4.79 Å². The van der Waals surface area contributed by atoms with Crippen LogP contribution in [0.15, 0.2) is 44.5 Å². The summed E-state index contributed by atoms with van der Waals surface area (Å²) in [6.45, 7) is 0. The Morgan fingerprint density at radius 3 is 2.60 bits per heavy atom. The van der Waals surface area contributed by atoms with E-state index in [1.165, 1.54) is 0 Å². The molecular formula is C13H11Br2N3O2. The minimum atomic E-state index is -0.318. The number of methoxy groups -OCH3 is 1. The van der Waals surface area contributed by atoms with Gasteiger partial charge < -0.3 is 9.72 Å². The summed E-state index contributed by atoms with van der Waals surface area (Å²) in [5, 5.41) is 3.90. The molecule has 0 fully saturated rings. The van der Waals surface area contributed by atoms with Gasteiger partial charge in [0.25, 0.3) is 5.91 Å². The lowest BCUT2D eigenvalue weighted by molar-refractivity contribution is 0.0950. The monoisotopic (exact) mass is 399 g/mol. The average molecular weight is 401 g/mol. The number of aromatic nitrogens is 1. The van der Waals surface area contributed by atoms with Gasteiger partial charge in [0, 0.05) is 0 Å². The third-order valence-electron chi connectivity index (χ3n) is 2.47. The fraction of sp³-hybridized carbons (Fsp3) is 0.0769. The van der Waals surface area contributed by atoms with Crippen molar-refractivity contribution in [1.29, 1.82) is 0 Å². The molecule has 0 unspecified atom stereocenters. The molecule has 104 valence electrons. The summed E-state index contributed by atoms with van der Waals surface area (Å²) < 4.78 is 6.55. The first kappa shape index (κ1) is 14.8. The van der Waals surface area contributed by atoms with Crippen LogP contribution < -0.4 is 10.2 Å². The molecule has 0 aliphatic rings. The number of hydrazone groups is 1. The molecule has 1 aromatic heterocycles. The first-order chi connectivity index (χ1) is 9.60. The molecule has 0 aliphatic heterocycles. The molecule has 0 atom stereocenters. The minimum absolute atomic E-state index is 0.318. The zero-order chi connectivity index (χ0) is 14.5. The highest BCUT2D eigenvalue weighted by molar-refractivity contribution is 9.13. The number of hydrogen-bond acceptors (Lipinski definition) is 3. The molecule has 2 N–H and O–H groups in total. The van der Waals surface area contributed by atoms with Crippen molar-refractivity contribution in [2.75, 3.05) is 7.11 Å². The van der Waals surface area contributed by atoms with E-state index < -0.39 is 0 Å². The zero-order valence-electron chi connectivity index (χ0n) is 10.5. The molecule has 0 radical (unpaired) electrons. The highest BCUT2D eigenvalue weighted by Gasteiger charge is 2.09. The van der Waals surface area contributed by atoms with E-state index in [0.717, 1.165) is 15.8 Å². The van der Waals surface area contributed by atoms with E-state index >= 15 is 0 Å². The van der Waals surface area contributed by atoms with Crippen LogP contribution in [0.3, 0.4) is 0 Å². The van der Waals surface area contributed by atoms with Crippen molar-refractivity contribution in [2.24, 2.45) is 5.10 Å². The summed E-state index contributed by atoms with van der Waals surface area (Å²) in [5.74, 6) is 0.452. The first-order valence-corrected chi connectivity index (χ1v) is 7.20. The Morgan fingerprint density at radius 2 is 2.05 bits per heavy atom. The molecule has 0 saturated carbocycles. The molecule has 2 rings (SSSR count). The summed E-state index contributed by atoms with van der Waals surface area (Å²) in [6.07, 6.45) is 1.56. The molecule has 0 bridgehead atoms. The van der Waals surface area contributed by atoms with Crippen LogP contribution in [-0.2, 0) is 0 Å². The second-order valence-electron chi connectivity index (χ2n) is 3.82. The number of nitrogens with zero attached hydrogens (tertiary/aromatic N) is 1. The van der Waals surface area contributed by atoms with Crippen LogP contribution in [0.5, 0.6) is 5.75 Å². The van der Waals surface area contributed by atoms with Crippen molar-refractivity contribution in [3.8, 4) is 5.75 Å². The maximum atomic E-state index is 11.8. The van der Waals surface area contributed by atoms with Crippen LogP contribution >= 0.6 is 31.9 Å². The lowest BCUT2D eigenvalue weighted by Crippen LogP contribution is -2.17. The fourth-order valence-corrected chi connectivity index (χ4v) is 2.10. The molecule has 1 amide bonds. The van der Waals surface area contributed by atoms with E-state index in [-0.39, 0.29) is 5.91 Å². The van der Waals surface area contributed by atoms with E-state index in [1.807, 2.05) is 24.3 Å². The number of aromatic amines is 1. The second-order valence-corrected chi connectivity index (χ2v) is 5.46. The lowest BCUT2D eigenvalue weighted by atomic mass is 10.2. The summed E-state index contributed by atoms with van der Waals surface area (Å²) in [5.41, 5.74) is 3.72. The Hall–Kier alpha value is -1.60. The Kier molecular flexibility index (Phi) is 4.97. The quantitative estimate of drug-likeness (QED) is 0.610. The van der Waals surface area contributed by atoms with Crippen LogP contribution in [0.4, 0.5) is 0 Å². The maximum absolute atomic E-state index is 11.8. The lowest BCUT2D eigenvalue weighted by Gasteiger charge is -1.99. The molecule has 7 heteroatoms. The molecule has 2 aromatic rings. The Bertz CT molecular complexity index is 616. The van der Waals surface area contributed by atoms with Gasteiger partial charge in [0.1, 0.15) is 11.4 Å². The number of amides is 1. The van der Waals surface area contributed by atoms with Gasteiger partial charge in [-0.15, -0.1) is 0 Å². The normalized spacial score (nSPS) is 10.8. The fourth-order valence-electron chi connectivity index (χ4n) is 1.44. The second kappa shape index (κ2) is 6.71. The average Bonchev–Trinajstić information content (AvgIpc) is 2.79. The van der Waals surface area contributed by atoms with Gasteiger partial charge in [-0.2, -0.15) is 5.10 Å². The van der Waals surface area contributed by atoms with Crippen molar-refractivity contribution >= 4 is 44.0 Å². The van der Waals surface area contributed by atoms with Crippen LogP contribution in [0.2, 0.25) is 0 Å². The van der Waals surface area contributed by atoms with Crippen molar-refractivity contribution < 1.29 is 9.53 Å². The van der Waals surface area contributed by atoms with Gasteiger partial charge in [-0.3, -0.25) is 4.79 Å². The van der Waals surface area contributed by atoms with Crippen molar-refractivity contribution in [3.63, 3.8) is 0 Å². The molecule has 1 aromatic carbocycles. The minimum Gasteiger partial charge on any atom is -0.497 e. The number of rotatable bonds is 4. The number of nitrogens with one attached hydrogen (secondary N) is 2. The van der Waals surface area contributed by atoms with Crippen LogP contribution in [0, 0.1) is 0 Å². The number of halogens is 2. The van der Waals surface area contributed by atoms with Crippen molar-refractivity contribution in [1.82, 2.24) is 10.4 Å². The van der Waals surface area contributed by atoms with Crippen molar-refractivity contribution in [2.45, 2.75) is 0 Å². The Balaban J connectivity index is 1.96. The largest absolute Gasteiger partial charge is 0.497 e. The van der Waals surface area contributed by atoms with Crippen LogP contribution in [0.25, 0.3) is 0 Å². The number of hydrogen-bond donors (Lipinski definition) is 2. The van der Waals surface area contributed by atoms with Crippen LogP contribution in [-0.4, -0.2) is 24.2 Å². The van der Waals surface area contributed by atoms with Crippen molar-refractivity contribution in [3.05, 3.63) is 50.7 Å². The van der Waals surface area contributed by atoms with E-state index in [0.29, 0.717) is 10.3 Å². The highest BCUT2D eigenvalue weighted by atomic mass is 79.9. The molecule has 0 aliphatic carbocycles. The smallest absolute Gasteiger partial charge is 0.287 e. The number of benzene rings is 1. The number of carbonyl (C=O) groups excluding carboxylic acids is 1. The van der Waals surface area contributed by atoms with Gasteiger partial charge in [0.05, 0.1) is 22.4 Å². The summed E-state index contributed by atoms with van der Waals surface area (Å²) in [4.78, 5) is 14.7. The van der Waals surface area contributed by atoms with E-state index in [2.05, 4.69) is 47.4 Å².